The van der Waals surface area contributed by atoms with Gasteiger partial charge in [0.2, 0.25) is 0 Å². The van der Waals surface area contributed by atoms with E-state index in [2.05, 4.69) is 19.8 Å². The number of ether oxygens (including phenoxy) is 1. The van der Waals surface area contributed by atoms with E-state index < -0.39 is 0 Å². The monoisotopic (exact) mass is 367 g/mol. The predicted octanol–water partition coefficient (Wildman–Crippen LogP) is 0.338. The summed E-state index contributed by atoms with van der Waals surface area (Å²) in [5.74, 6) is 0. The van der Waals surface area contributed by atoms with Crippen LogP contribution >= 0.6 is 0 Å². The first kappa shape index (κ1) is 20.2. The van der Waals surface area contributed by atoms with Crippen LogP contribution in [0.25, 0.3) is 0 Å². The summed E-state index contributed by atoms with van der Waals surface area (Å²) in [4.78, 5) is 29.1. The highest BCUT2D eigenvalue weighted by Crippen LogP contribution is 2.46. The van der Waals surface area contributed by atoms with Gasteiger partial charge in [-0.05, 0) is 12.8 Å². The van der Waals surface area contributed by atoms with Gasteiger partial charge < -0.3 is 24.6 Å². The van der Waals surface area contributed by atoms with Crippen molar-refractivity contribution in [1.29, 1.82) is 0 Å². The van der Waals surface area contributed by atoms with Crippen molar-refractivity contribution in [3.8, 4) is 0 Å². The lowest BCUT2D eigenvalue weighted by Gasteiger charge is -2.34. The van der Waals surface area contributed by atoms with Gasteiger partial charge in [-0.3, -0.25) is 9.69 Å². The van der Waals surface area contributed by atoms with Crippen LogP contribution < -0.4 is 5.32 Å². The molecule has 2 aliphatic rings. The summed E-state index contributed by atoms with van der Waals surface area (Å²) < 4.78 is 7.21. The van der Waals surface area contributed by atoms with Crippen molar-refractivity contribution < 1.29 is 19.4 Å². The minimum absolute atomic E-state index is 0.0771. The zero-order chi connectivity index (χ0) is 18.8. The van der Waals surface area contributed by atoms with Crippen molar-refractivity contribution in [2.45, 2.75) is 19.4 Å². The number of piperazine rings is 1. The number of urea groups is 1. The molecule has 1 saturated carbocycles. The second-order valence-electron chi connectivity index (χ2n) is 6.82. The molecule has 0 atom stereocenters. The van der Waals surface area contributed by atoms with E-state index in [1.807, 2.05) is 17.4 Å². The molecule has 26 heavy (non-hydrogen) atoms. The Morgan fingerprint density at radius 3 is 2.58 bits per heavy atom. The Morgan fingerprint density at radius 2 is 2.04 bits per heavy atom. The summed E-state index contributed by atoms with van der Waals surface area (Å²) in [6.07, 6.45) is 7.99. The summed E-state index contributed by atoms with van der Waals surface area (Å²) >= 11 is 0. The Morgan fingerprint density at radius 1 is 1.35 bits per heavy atom. The van der Waals surface area contributed by atoms with Crippen LogP contribution in [0.5, 0.6) is 0 Å². The van der Waals surface area contributed by atoms with Crippen LogP contribution in [0.2, 0.25) is 0 Å². The number of nitrogens with zero attached hydrogens (tertiary/aromatic N) is 4. The molecule has 1 aliphatic heterocycles. The van der Waals surface area contributed by atoms with E-state index >= 15 is 0 Å². The number of amides is 2. The average molecular weight is 367 g/mol. The van der Waals surface area contributed by atoms with E-state index in [1.54, 1.807) is 13.3 Å². The molecule has 0 unspecified atom stereocenters. The molecule has 0 aromatic carbocycles. The highest BCUT2D eigenvalue weighted by atomic mass is 16.5. The standard InChI is InChI=1S/C16H27N5O2.CH2O2/c1-23-11-10-19-6-8-21(9-7-19)15(22)18-12-16(2-3-16)13-20-5-4-17-14-20;2-1-3/h4-5,14H,2-3,6-13H2,1H3,(H,18,22);1H,(H,2,3). The molecule has 2 fully saturated rings. The molecular formula is C17H29N5O4. The molecule has 9 nitrogen and oxygen atoms in total. The van der Waals surface area contributed by atoms with Crippen molar-refractivity contribution in [2.75, 3.05) is 53.0 Å². The van der Waals surface area contributed by atoms with Crippen LogP contribution in [-0.2, 0) is 16.1 Å². The quantitative estimate of drug-likeness (QED) is 0.674. The lowest BCUT2D eigenvalue weighted by atomic mass is 10.1. The Bertz CT molecular complexity index is 539. The third kappa shape index (κ3) is 6.30. The SMILES string of the molecule is COCCN1CCN(C(=O)NCC2(Cn3ccnc3)CC2)CC1.O=CO. The van der Waals surface area contributed by atoms with Crippen molar-refractivity contribution in [3.63, 3.8) is 0 Å². The van der Waals surface area contributed by atoms with E-state index in [0.717, 1.165) is 52.4 Å². The zero-order valence-electron chi connectivity index (χ0n) is 15.3. The van der Waals surface area contributed by atoms with Gasteiger partial charge in [0.1, 0.15) is 0 Å². The number of carbonyl (C=O) groups excluding carboxylic acids is 1. The van der Waals surface area contributed by atoms with E-state index in [9.17, 15) is 4.79 Å². The van der Waals surface area contributed by atoms with Crippen LogP contribution in [0.15, 0.2) is 18.7 Å². The van der Waals surface area contributed by atoms with Crippen LogP contribution in [0.3, 0.4) is 0 Å². The molecule has 1 aliphatic carbocycles. The van der Waals surface area contributed by atoms with Gasteiger partial charge in [0, 0.05) is 70.7 Å². The van der Waals surface area contributed by atoms with Gasteiger partial charge in [-0.15, -0.1) is 0 Å². The average Bonchev–Trinajstić information content (AvgIpc) is 3.22. The third-order valence-electron chi connectivity index (χ3n) is 4.92. The highest BCUT2D eigenvalue weighted by molar-refractivity contribution is 5.74. The number of rotatable bonds is 7. The number of carboxylic acid groups (broad SMARTS) is 1. The van der Waals surface area contributed by atoms with Gasteiger partial charge in [-0.1, -0.05) is 0 Å². The van der Waals surface area contributed by atoms with Crippen molar-refractivity contribution in [2.24, 2.45) is 5.41 Å². The van der Waals surface area contributed by atoms with Gasteiger partial charge in [0.05, 0.1) is 12.9 Å². The fraction of sp³-hybridized carbons (Fsp3) is 0.706. The van der Waals surface area contributed by atoms with Gasteiger partial charge in [0.25, 0.3) is 6.47 Å². The maximum Gasteiger partial charge on any atom is 0.317 e. The second-order valence-corrected chi connectivity index (χ2v) is 6.82. The smallest absolute Gasteiger partial charge is 0.317 e. The fourth-order valence-electron chi connectivity index (χ4n) is 3.10. The molecular weight excluding hydrogens is 338 g/mol. The van der Waals surface area contributed by atoms with Crippen molar-refractivity contribution in [1.82, 2.24) is 24.7 Å². The minimum Gasteiger partial charge on any atom is -0.483 e. The van der Waals surface area contributed by atoms with Crippen LogP contribution in [-0.4, -0.2) is 89.9 Å². The highest BCUT2D eigenvalue weighted by Gasteiger charge is 2.43. The van der Waals surface area contributed by atoms with E-state index in [4.69, 9.17) is 14.6 Å². The molecule has 146 valence electrons. The summed E-state index contributed by atoms with van der Waals surface area (Å²) in [6, 6.07) is 0.0771. The number of nitrogens with one attached hydrogen (secondary N) is 1. The van der Waals surface area contributed by atoms with Gasteiger partial charge in [-0.25, -0.2) is 9.78 Å². The van der Waals surface area contributed by atoms with Crippen molar-refractivity contribution in [3.05, 3.63) is 18.7 Å². The third-order valence-corrected chi connectivity index (χ3v) is 4.92. The minimum atomic E-state index is -0.250. The molecule has 2 N–H and O–H groups in total. The summed E-state index contributed by atoms with van der Waals surface area (Å²) in [5.41, 5.74) is 0.233. The number of carbonyl (C=O) groups is 2. The number of aromatic nitrogens is 2. The van der Waals surface area contributed by atoms with Gasteiger partial charge >= 0.3 is 6.03 Å². The van der Waals surface area contributed by atoms with E-state index in [0.29, 0.717) is 0 Å². The summed E-state index contributed by atoms with van der Waals surface area (Å²) in [6.45, 7) is 6.59. The van der Waals surface area contributed by atoms with E-state index in [1.165, 1.54) is 12.8 Å². The number of imidazole rings is 1. The lowest BCUT2D eigenvalue weighted by molar-refractivity contribution is -0.122. The molecule has 1 saturated heterocycles. The molecule has 3 rings (SSSR count). The Hall–Kier alpha value is -2.13. The summed E-state index contributed by atoms with van der Waals surface area (Å²) in [5, 5.41) is 10.0. The molecule has 0 radical (unpaired) electrons. The number of hydrogen-bond acceptors (Lipinski definition) is 5. The molecule has 2 heterocycles. The second kappa shape index (κ2) is 10.1. The molecule has 9 heteroatoms. The van der Waals surface area contributed by atoms with Crippen LogP contribution in [0.1, 0.15) is 12.8 Å². The first-order valence-corrected chi connectivity index (χ1v) is 8.90. The summed E-state index contributed by atoms with van der Waals surface area (Å²) in [7, 11) is 1.72. The number of hydrogen-bond donors (Lipinski definition) is 2. The Labute approximate surface area is 153 Å². The maximum atomic E-state index is 12.3. The van der Waals surface area contributed by atoms with Gasteiger partial charge in [0.15, 0.2) is 0 Å². The molecule has 1 aromatic heterocycles. The van der Waals surface area contributed by atoms with Crippen molar-refractivity contribution >= 4 is 12.5 Å². The lowest BCUT2D eigenvalue weighted by Crippen LogP contribution is -2.53. The zero-order valence-corrected chi connectivity index (χ0v) is 15.3. The van der Waals surface area contributed by atoms with E-state index in [-0.39, 0.29) is 17.9 Å². The Kier molecular flexibility index (Phi) is 7.86. The predicted molar refractivity (Wildman–Crippen MR) is 95.9 cm³/mol. The molecule has 0 bridgehead atoms. The van der Waals surface area contributed by atoms with Crippen LogP contribution in [0.4, 0.5) is 4.79 Å². The largest absolute Gasteiger partial charge is 0.483 e. The fourth-order valence-corrected chi connectivity index (χ4v) is 3.10. The topological polar surface area (TPSA) is 99.9 Å². The first-order valence-electron chi connectivity index (χ1n) is 8.90. The van der Waals surface area contributed by atoms with Gasteiger partial charge in [-0.2, -0.15) is 0 Å². The first-order chi connectivity index (χ1) is 12.6. The molecule has 1 aromatic rings. The number of methoxy groups -OCH3 is 1. The Balaban J connectivity index is 0.000000758. The molecule has 2 amide bonds. The maximum absolute atomic E-state index is 12.3. The molecule has 0 spiro atoms. The normalized spacial score (nSPS) is 18.6. The van der Waals surface area contributed by atoms with Crippen LogP contribution in [0, 0.1) is 5.41 Å².